The first-order valence-electron chi connectivity index (χ1n) is 13.0. The van der Waals surface area contributed by atoms with Gasteiger partial charge in [-0.1, -0.05) is 79.1 Å². The summed E-state index contributed by atoms with van der Waals surface area (Å²) in [6.07, 6.45) is 4.38. The van der Waals surface area contributed by atoms with Gasteiger partial charge in [-0.3, -0.25) is 9.36 Å². The van der Waals surface area contributed by atoms with E-state index in [0.717, 1.165) is 73.3 Å². The van der Waals surface area contributed by atoms with Gasteiger partial charge in [-0.15, -0.1) is 10.2 Å². The summed E-state index contributed by atoms with van der Waals surface area (Å²) >= 11 is 14.1. The Balaban J connectivity index is 1.51. The van der Waals surface area contributed by atoms with E-state index in [9.17, 15) is 4.79 Å². The number of carbonyl (C=O) groups is 1. The number of thioether (sulfide) groups is 1. The molecule has 0 aliphatic heterocycles. The molecule has 1 amide bonds. The van der Waals surface area contributed by atoms with Crippen LogP contribution in [0.15, 0.2) is 53.7 Å². The number of amides is 1. The van der Waals surface area contributed by atoms with E-state index < -0.39 is 0 Å². The fourth-order valence-corrected chi connectivity index (χ4v) is 5.37. The van der Waals surface area contributed by atoms with Gasteiger partial charge in [0.25, 0.3) is 0 Å². The quantitative estimate of drug-likeness (QED) is 0.158. The maximum atomic E-state index is 12.4. The summed E-state index contributed by atoms with van der Waals surface area (Å²) in [5.74, 6) is 1.71. The number of nitrogens with zero attached hydrogens (tertiary/aromatic N) is 4. The van der Waals surface area contributed by atoms with E-state index in [2.05, 4.69) is 41.2 Å². The van der Waals surface area contributed by atoms with Gasteiger partial charge < -0.3 is 10.2 Å². The third-order valence-corrected chi connectivity index (χ3v) is 8.02. The van der Waals surface area contributed by atoms with Crippen LogP contribution in [0.2, 0.25) is 10.0 Å². The van der Waals surface area contributed by atoms with Gasteiger partial charge >= 0.3 is 0 Å². The van der Waals surface area contributed by atoms with Crippen molar-refractivity contribution in [2.24, 2.45) is 0 Å². The maximum Gasteiger partial charge on any atom is 0.220 e. The molecule has 9 heteroatoms. The van der Waals surface area contributed by atoms with Crippen LogP contribution in [0.25, 0.3) is 17.1 Å². The summed E-state index contributed by atoms with van der Waals surface area (Å²) in [6.45, 7) is 9.71. The second kappa shape index (κ2) is 15.4. The second-order valence-electron chi connectivity index (χ2n) is 9.05. The first-order valence-corrected chi connectivity index (χ1v) is 14.8. The van der Waals surface area contributed by atoms with Gasteiger partial charge in [0.05, 0.1) is 15.7 Å². The van der Waals surface area contributed by atoms with Gasteiger partial charge in [0.2, 0.25) is 5.91 Å². The molecular formula is C28H37Cl2N5OS. The van der Waals surface area contributed by atoms with Gasteiger partial charge in [0.1, 0.15) is 0 Å². The first-order chi connectivity index (χ1) is 17.9. The Kier molecular flexibility index (Phi) is 12.3. The van der Waals surface area contributed by atoms with Crippen molar-refractivity contribution in [1.29, 1.82) is 0 Å². The second-order valence-corrected chi connectivity index (χ2v) is 10.9. The third kappa shape index (κ3) is 9.02. The summed E-state index contributed by atoms with van der Waals surface area (Å²) in [6, 6.07) is 15.7. The molecule has 6 nitrogen and oxygen atoms in total. The first kappa shape index (κ1) is 29.5. The molecule has 3 aromatic rings. The molecule has 0 radical (unpaired) electrons. The molecule has 0 saturated heterocycles. The lowest BCUT2D eigenvalue weighted by Gasteiger charge is -2.19. The average Bonchev–Trinajstić information content (AvgIpc) is 3.32. The Bertz CT molecular complexity index is 1120. The molecule has 37 heavy (non-hydrogen) atoms. The maximum absolute atomic E-state index is 12.4. The number of nitrogens with one attached hydrogen (secondary N) is 1. The van der Waals surface area contributed by atoms with Crippen LogP contribution in [0.4, 0.5) is 0 Å². The van der Waals surface area contributed by atoms with Gasteiger partial charge in [0.15, 0.2) is 11.0 Å². The molecule has 1 aromatic heterocycles. The van der Waals surface area contributed by atoms with E-state index in [0.29, 0.717) is 16.5 Å². The Labute approximate surface area is 235 Å². The average molecular weight is 563 g/mol. The predicted molar refractivity (Wildman–Crippen MR) is 156 cm³/mol. The summed E-state index contributed by atoms with van der Waals surface area (Å²) in [7, 11) is 0. The molecule has 1 unspecified atom stereocenters. The molecule has 0 bridgehead atoms. The fourth-order valence-electron chi connectivity index (χ4n) is 4.13. The van der Waals surface area contributed by atoms with E-state index in [4.69, 9.17) is 23.2 Å². The smallest absolute Gasteiger partial charge is 0.220 e. The molecule has 1 N–H and O–H groups in total. The molecule has 1 atom stereocenters. The number of halogens is 2. The van der Waals surface area contributed by atoms with Crippen molar-refractivity contribution < 1.29 is 4.79 Å². The van der Waals surface area contributed by atoms with Gasteiger partial charge in [-0.05, 0) is 70.4 Å². The lowest BCUT2D eigenvalue weighted by Crippen LogP contribution is -2.33. The lowest BCUT2D eigenvalue weighted by atomic mass is 10.1. The summed E-state index contributed by atoms with van der Waals surface area (Å²) < 4.78 is 2.01. The number of hydrogen-bond donors (Lipinski definition) is 1. The van der Waals surface area contributed by atoms with Crippen molar-refractivity contribution in [3.05, 3.63) is 58.6 Å². The van der Waals surface area contributed by atoms with Gasteiger partial charge in [-0.2, -0.15) is 0 Å². The van der Waals surface area contributed by atoms with Crippen molar-refractivity contribution in [2.75, 3.05) is 25.4 Å². The Hall–Kier alpha value is -2.06. The fraction of sp³-hybridized carbons (Fsp3) is 0.464. The third-order valence-electron chi connectivity index (χ3n) is 6.27. The Morgan fingerprint density at radius 2 is 1.78 bits per heavy atom. The Morgan fingerprint density at radius 3 is 2.49 bits per heavy atom. The molecule has 0 aliphatic rings. The summed E-state index contributed by atoms with van der Waals surface area (Å²) in [5, 5.41) is 13.8. The van der Waals surface area contributed by atoms with E-state index >= 15 is 0 Å². The highest BCUT2D eigenvalue weighted by Crippen LogP contribution is 2.31. The van der Waals surface area contributed by atoms with Crippen LogP contribution >= 0.6 is 35.0 Å². The molecule has 0 aliphatic carbocycles. The number of aromatic nitrogens is 3. The highest BCUT2D eigenvalue weighted by atomic mass is 35.5. The molecule has 200 valence electrons. The highest BCUT2D eigenvalue weighted by molar-refractivity contribution is 7.99. The monoisotopic (exact) mass is 561 g/mol. The van der Waals surface area contributed by atoms with Crippen molar-refractivity contribution in [3.8, 4) is 17.1 Å². The van der Waals surface area contributed by atoms with Crippen molar-refractivity contribution in [3.63, 3.8) is 0 Å². The number of hydrogen-bond acceptors (Lipinski definition) is 5. The number of carbonyl (C=O) groups excluding carboxylic acids is 1. The Morgan fingerprint density at radius 1 is 1.03 bits per heavy atom. The van der Waals surface area contributed by atoms with Gasteiger partial charge in [-0.25, -0.2) is 0 Å². The molecule has 0 fully saturated rings. The van der Waals surface area contributed by atoms with Crippen LogP contribution in [0.1, 0.15) is 52.9 Å². The van der Waals surface area contributed by atoms with Crippen molar-refractivity contribution >= 4 is 40.9 Å². The highest BCUT2D eigenvalue weighted by Gasteiger charge is 2.17. The van der Waals surface area contributed by atoms with Crippen molar-refractivity contribution in [1.82, 2.24) is 25.0 Å². The molecular weight excluding hydrogens is 525 g/mol. The van der Waals surface area contributed by atoms with Gasteiger partial charge in [0, 0.05) is 23.8 Å². The number of benzene rings is 2. The molecule has 0 spiro atoms. The molecule has 2 aromatic carbocycles. The van der Waals surface area contributed by atoms with E-state index in [1.807, 2.05) is 47.0 Å². The van der Waals surface area contributed by atoms with Crippen LogP contribution in [-0.4, -0.2) is 57.0 Å². The minimum atomic E-state index is 0.130. The van der Waals surface area contributed by atoms with E-state index in [-0.39, 0.29) is 11.9 Å². The SMILES string of the molecule is CCN(CC)CCCC(C)NC(=O)CCCCSc1nnc(-c2ccccc2)n1-c1ccc(Cl)c(Cl)c1. The molecule has 3 rings (SSSR count). The van der Waals surface area contributed by atoms with Crippen LogP contribution in [-0.2, 0) is 4.79 Å². The normalized spacial score (nSPS) is 12.2. The zero-order valence-electron chi connectivity index (χ0n) is 21.9. The van der Waals surface area contributed by atoms with Crippen LogP contribution in [0, 0.1) is 0 Å². The zero-order chi connectivity index (χ0) is 26.6. The van der Waals surface area contributed by atoms with Crippen LogP contribution in [0.5, 0.6) is 0 Å². The number of rotatable bonds is 15. The van der Waals surface area contributed by atoms with E-state index in [1.165, 1.54) is 0 Å². The van der Waals surface area contributed by atoms with Crippen LogP contribution in [0.3, 0.4) is 0 Å². The summed E-state index contributed by atoms with van der Waals surface area (Å²) in [5.41, 5.74) is 1.82. The molecule has 1 heterocycles. The number of unbranched alkanes of at least 4 members (excludes halogenated alkanes) is 1. The van der Waals surface area contributed by atoms with Crippen molar-refractivity contribution in [2.45, 2.75) is 64.1 Å². The zero-order valence-corrected chi connectivity index (χ0v) is 24.2. The molecule has 0 saturated carbocycles. The minimum absolute atomic E-state index is 0.130. The van der Waals surface area contributed by atoms with E-state index in [1.54, 1.807) is 17.8 Å². The predicted octanol–water partition coefficient (Wildman–Crippen LogP) is 7.13. The summed E-state index contributed by atoms with van der Waals surface area (Å²) in [4.78, 5) is 14.8. The minimum Gasteiger partial charge on any atom is -0.354 e. The van der Waals surface area contributed by atoms with Crippen LogP contribution < -0.4 is 5.32 Å². The standard InChI is InChI=1S/C28H37Cl2N5OS/c1-4-34(5-2)18-11-12-21(3)31-26(36)15-9-10-19-37-28-33-32-27(22-13-7-6-8-14-22)35(28)23-16-17-24(29)25(30)20-23/h6-8,13-14,16-17,20-21H,4-5,9-12,15,18-19H2,1-3H3,(H,31,36). The topological polar surface area (TPSA) is 63.1 Å². The lowest BCUT2D eigenvalue weighted by molar-refractivity contribution is -0.121. The largest absolute Gasteiger partial charge is 0.354 e.